The van der Waals surface area contributed by atoms with Gasteiger partial charge in [0.2, 0.25) is 5.88 Å². The van der Waals surface area contributed by atoms with E-state index in [1.165, 1.54) is 0 Å². The maximum absolute atomic E-state index is 11.4. The number of benzene rings is 1. The van der Waals surface area contributed by atoms with Crippen molar-refractivity contribution in [2.75, 3.05) is 19.6 Å². The molecule has 0 saturated carbocycles. The Labute approximate surface area is 215 Å². The highest BCUT2D eigenvalue weighted by molar-refractivity contribution is 6.30. The van der Waals surface area contributed by atoms with Gasteiger partial charge in [-0.3, -0.25) is 4.79 Å². The first-order valence-electron chi connectivity index (χ1n) is 12.3. The Hall–Kier alpha value is -3.19. The second kappa shape index (κ2) is 10.4. The van der Waals surface area contributed by atoms with E-state index < -0.39 is 11.6 Å². The Kier molecular flexibility index (Phi) is 7.10. The van der Waals surface area contributed by atoms with Crippen LogP contribution >= 0.6 is 11.6 Å². The number of hydrogen-bond acceptors (Lipinski definition) is 5. The van der Waals surface area contributed by atoms with Crippen LogP contribution in [0.1, 0.15) is 36.8 Å². The number of pyridine rings is 1. The van der Waals surface area contributed by atoms with Crippen molar-refractivity contribution in [2.24, 2.45) is 5.92 Å². The van der Waals surface area contributed by atoms with E-state index in [4.69, 9.17) is 16.3 Å². The van der Waals surface area contributed by atoms with Crippen molar-refractivity contribution in [3.63, 3.8) is 0 Å². The molecule has 3 heterocycles. The average Bonchev–Trinajstić information content (AvgIpc) is 3.03. The Balaban J connectivity index is 1.30. The summed E-state index contributed by atoms with van der Waals surface area (Å²) in [4.78, 5) is 18.2. The smallest absolute Gasteiger partial charge is 0.304 e. The minimum atomic E-state index is -0.846. The highest BCUT2D eigenvalue weighted by Crippen LogP contribution is 2.39. The van der Waals surface area contributed by atoms with Crippen LogP contribution in [-0.2, 0) is 10.4 Å². The van der Waals surface area contributed by atoms with E-state index in [1.807, 2.05) is 60.7 Å². The van der Waals surface area contributed by atoms with Crippen LogP contribution in [0.5, 0.6) is 5.88 Å². The molecule has 2 aromatic rings. The molecule has 2 aliphatic heterocycles. The molecule has 1 aliphatic carbocycles. The van der Waals surface area contributed by atoms with E-state index >= 15 is 0 Å². The number of rotatable bonds is 6. The van der Waals surface area contributed by atoms with E-state index in [1.54, 1.807) is 6.20 Å². The normalized spacial score (nSPS) is 22.1. The van der Waals surface area contributed by atoms with Gasteiger partial charge < -0.3 is 19.8 Å². The van der Waals surface area contributed by atoms with Crippen LogP contribution in [0.2, 0.25) is 5.02 Å². The molecule has 7 heteroatoms. The minimum absolute atomic E-state index is 0.00436. The Morgan fingerprint density at radius 2 is 2.00 bits per heavy atom. The standard InChI is InChI=1S/C29H29ClN2O4/c30-23-10-8-22(9-11-23)29(35)12-16-32(17-13-29)15-3-5-20-18-25-21(19-27(33)34)4-1-7-26(25)36-28-24(20)6-2-14-31-28/h1-2,4-11,14,18,21,35H,3,12-13,15-17,19H2,(H,33,34). The van der Waals surface area contributed by atoms with Crippen molar-refractivity contribution in [1.29, 1.82) is 0 Å². The molecule has 1 atom stereocenters. The lowest BCUT2D eigenvalue weighted by Crippen LogP contribution is -2.42. The summed E-state index contributed by atoms with van der Waals surface area (Å²) in [5, 5.41) is 21.2. The summed E-state index contributed by atoms with van der Waals surface area (Å²) in [5.74, 6) is 0.0648. The number of aromatic nitrogens is 1. The number of halogens is 1. The van der Waals surface area contributed by atoms with Gasteiger partial charge in [0.1, 0.15) is 5.76 Å². The number of fused-ring (bicyclic) bond motifs is 2. The van der Waals surface area contributed by atoms with Gasteiger partial charge in [-0.1, -0.05) is 42.0 Å². The fourth-order valence-corrected chi connectivity index (χ4v) is 5.23. The number of piperidine rings is 1. The van der Waals surface area contributed by atoms with Gasteiger partial charge in [0, 0.05) is 47.9 Å². The molecule has 1 unspecified atom stereocenters. The summed E-state index contributed by atoms with van der Waals surface area (Å²) in [6.07, 6.45) is 13.7. The van der Waals surface area contributed by atoms with E-state index in [9.17, 15) is 15.0 Å². The number of aliphatic carboxylic acids is 1. The van der Waals surface area contributed by atoms with Gasteiger partial charge in [-0.15, -0.1) is 0 Å². The molecule has 6 nitrogen and oxygen atoms in total. The number of aliphatic hydroxyl groups is 1. The largest absolute Gasteiger partial charge is 0.481 e. The first-order chi connectivity index (χ1) is 17.4. The molecule has 0 radical (unpaired) electrons. The molecule has 1 saturated heterocycles. The van der Waals surface area contributed by atoms with E-state index in [-0.39, 0.29) is 12.3 Å². The molecule has 5 rings (SSSR count). The minimum Gasteiger partial charge on any atom is -0.481 e. The van der Waals surface area contributed by atoms with Crippen LogP contribution in [0.15, 0.2) is 84.3 Å². The number of carbonyl (C=O) groups is 1. The monoisotopic (exact) mass is 504 g/mol. The van der Waals surface area contributed by atoms with Gasteiger partial charge in [0.25, 0.3) is 0 Å². The zero-order chi connectivity index (χ0) is 25.1. The second-order valence-corrected chi connectivity index (χ2v) is 9.94. The molecule has 1 fully saturated rings. The third kappa shape index (κ3) is 5.31. The van der Waals surface area contributed by atoms with Crippen molar-refractivity contribution < 1.29 is 19.7 Å². The second-order valence-electron chi connectivity index (χ2n) is 9.51. The van der Waals surface area contributed by atoms with Crippen molar-refractivity contribution in [1.82, 2.24) is 9.88 Å². The van der Waals surface area contributed by atoms with Gasteiger partial charge in [-0.05, 0) is 66.8 Å². The number of carboxylic acid groups (broad SMARTS) is 1. The van der Waals surface area contributed by atoms with Crippen LogP contribution in [0, 0.1) is 5.92 Å². The molecule has 0 spiro atoms. The van der Waals surface area contributed by atoms with Crippen LogP contribution in [-0.4, -0.2) is 45.7 Å². The first kappa shape index (κ1) is 24.5. The molecular formula is C29H29ClN2O4. The van der Waals surface area contributed by atoms with Crippen LogP contribution in [0.3, 0.4) is 0 Å². The van der Waals surface area contributed by atoms with Gasteiger partial charge in [-0.25, -0.2) is 4.98 Å². The predicted octanol–water partition coefficient (Wildman–Crippen LogP) is 5.36. The zero-order valence-corrected chi connectivity index (χ0v) is 20.7. The maximum atomic E-state index is 11.4. The lowest BCUT2D eigenvalue weighted by molar-refractivity contribution is -0.137. The molecule has 2 N–H and O–H groups in total. The van der Waals surface area contributed by atoms with Crippen LogP contribution in [0.4, 0.5) is 0 Å². The predicted molar refractivity (Wildman–Crippen MR) is 140 cm³/mol. The molecule has 1 aromatic carbocycles. The topological polar surface area (TPSA) is 82.9 Å². The quantitative estimate of drug-likeness (QED) is 0.551. The zero-order valence-electron chi connectivity index (χ0n) is 19.9. The van der Waals surface area contributed by atoms with E-state index in [0.717, 1.165) is 48.3 Å². The summed E-state index contributed by atoms with van der Waals surface area (Å²) in [6, 6.07) is 11.3. The summed E-state index contributed by atoms with van der Waals surface area (Å²) in [7, 11) is 0. The summed E-state index contributed by atoms with van der Waals surface area (Å²) < 4.78 is 6.12. The van der Waals surface area contributed by atoms with Crippen molar-refractivity contribution >= 4 is 23.1 Å². The maximum Gasteiger partial charge on any atom is 0.304 e. The molecule has 186 valence electrons. The Morgan fingerprint density at radius 1 is 1.22 bits per heavy atom. The molecule has 36 heavy (non-hydrogen) atoms. The first-order valence-corrected chi connectivity index (χ1v) is 12.7. The lowest BCUT2D eigenvalue weighted by Gasteiger charge is -2.38. The number of nitrogens with zero attached hydrogens (tertiary/aromatic N) is 2. The number of hydrogen-bond donors (Lipinski definition) is 2. The molecule has 0 amide bonds. The Bertz CT molecular complexity index is 1250. The third-order valence-corrected chi connectivity index (χ3v) is 7.40. The number of likely N-dealkylation sites (tertiary alicyclic amines) is 1. The Morgan fingerprint density at radius 3 is 2.75 bits per heavy atom. The number of ether oxygens (including phenoxy) is 1. The molecule has 3 aliphatic rings. The summed E-state index contributed by atoms with van der Waals surface area (Å²) in [6.45, 7) is 2.48. The van der Waals surface area contributed by atoms with Crippen molar-refractivity contribution in [3.05, 3.63) is 100 Å². The summed E-state index contributed by atoms with van der Waals surface area (Å²) >= 11 is 6.01. The number of carboxylic acids is 1. The summed E-state index contributed by atoms with van der Waals surface area (Å²) in [5.41, 5.74) is 2.84. The van der Waals surface area contributed by atoms with Crippen molar-refractivity contribution in [2.45, 2.75) is 31.3 Å². The van der Waals surface area contributed by atoms with Gasteiger partial charge in [0.15, 0.2) is 0 Å². The fraction of sp³-hybridized carbons (Fsp3) is 0.310. The van der Waals surface area contributed by atoms with E-state index in [0.29, 0.717) is 29.5 Å². The fourth-order valence-electron chi connectivity index (χ4n) is 5.11. The van der Waals surface area contributed by atoms with Gasteiger partial charge >= 0.3 is 5.97 Å². The van der Waals surface area contributed by atoms with Crippen molar-refractivity contribution in [3.8, 4) is 5.88 Å². The SMILES string of the molecule is O=C(O)CC1C=CC=C2Oc3ncccc3C(=CCCN3CCC(O)(c4ccc(Cl)cc4)CC3)C=C21. The average molecular weight is 505 g/mol. The lowest BCUT2D eigenvalue weighted by atomic mass is 9.84. The molecular weight excluding hydrogens is 476 g/mol. The highest BCUT2D eigenvalue weighted by atomic mass is 35.5. The number of allylic oxidation sites excluding steroid dienone is 6. The van der Waals surface area contributed by atoms with Gasteiger partial charge in [0.05, 0.1) is 12.0 Å². The third-order valence-electron chi connectivity index (χ3n) is 7.14. The molecule has 1 aromatic heterocycles. The van der Waals surface area contributed by atoms with Crippen LogP contribution < -0.4 is 4.74 Å². The van der Waals surface area contributed by atoms with Gasteiger partial charge in [-0.2, -0.15) is 0 Å². The molecule has 0 bridgehead atoms. The van der Waals surface area contributed by atoms with E-state index in [2.05, 4.69) is 16.0 Å². The van der Waals surface area contributed by atoms with Crippen LogP contribution in [0.25, 0.3) is 5.57 Å². The highest BCUT2D eigenvalue weighted by Gasteiger charge is 2.33.